The third kappa shape index (κ3) is 4.05. The first kappa shape index (κ1) is 17.6. The van der Waals surface area contributed by atoms with Gasteiger partial charge < -0.3 is 5.32 Å². The minimum atomic E-state index is 0.361. The van der Waals surface area contributed by atoms with Crippen LogP contribution in [0, 0.1) is 11.3 Å². The lowest BCUT2D eigenvalue weighted by Gasteiger charge is -2.12. The van der Waals surface area contributed by atoms with Crippen LogP contribution in [0.2, 0.25) is 10.0 Å². The Hall–Kier alpha value is -2.26. The van der Waals surface area contributed by atoms with E-state index in [2.05, 4.69) is 21.4 Å². The molecule has 124 valence electrons. The van der Waals surface area contributed by atoms with Gasteiger partial charge >= 0.3 is 0 Å². The van der Waals surface area contributed by atoms with Gasteiger partial charge in [-0.05, 0) is 36.6 Å². The van der Waals surface area contributed by atoms with Crippen molar-refractivity contribution in [1.29, 1.82) is 5.26 Å². The summed E-state index contributed by atoms with van der Waals surface area (Å²) in [4.78, 5) is 8.94. The molecule has 25 heavy (non-hydrogen) atoms. The highest BCUT2D eigenvalue weighted by Crippen LogP contribution is 2.31. The summed E-state index contributed by atoms with van der Waals surface area (Å²) in [5, 5.41) is 14.6. The minimum Gasteiger partial charge on any atom is -0.339 e. The Labute approximate surface area is 159 Å². The van der Waals surface area contributed by atoms with Crippen LogP contribution in [0.3, 0.4) is 0 Å². The van der Waals surface area contributed by atoms with Gasteiger partial charge in [0.25, 0.3) is 0 Å². The Bertz CT molecular complexity index is 952. The lowest BCUT2D eigenvalue weighted by Crippen LogP contribution is -2.03. The average Bonchev–Trinajstić information content (AvgIpc) is 2.61. The van der Waals surface area contributed by atoms with Gasteiger partial charge in [0, 0.05) is 21.3 Å². The second-order valence-electron chi connectivity index (χ2n) is 5.04. The van der Waals surface area contributed by atoms with E-state index in [1.54, 1.807) is 24.3 Å². The van der Waals surface area contributed by atoms with E-state index in [0.717, 1.165) is 11.3 Å². The molecule has 0 spiro atoms. The summed E-state index contributed by atoms with van der Waals surface area (Å²) < 4.78 is 0. The standard InChI is InChI=1S/C18H12Cl2N4S/c1-25-18-23-16(11-5-7-12(19)8-6-11)15(10-21)17(24-18)22-14-4-2-3-13(20)9-14/h2-9H,1H3,(H,22,23,24). The van der Waals surface area contributed by atoms with Crippen LogP contribution >= 0.6 is 35.0 Å². The van der Waals surface area contributed by atoms with E-state index in [1.807, 2.05) is 30.5 Å². The number of rotatable bonds is 4. The number of benzene rings is 2. The maximum Gasteiger partial charge on any atom is 0.189 e. The molecule has 1 heterocycles. The second kappa shape index (κ2) is 7.75. The van der Waals surface area contributed by atoms with Crippen LogP contribution in [0.5, 0.6) is 0 Å². The molecule has 3 rings (SSSR count). The lowest BCUT2D eigenvalue weighted by molar-refractivity contribution is 0.975. The third-order valence-corrected chi connectivity index (χ3v) is 4.42. The van der Waals surface area contributed by atoms with Gasteiger partial charge in [-0.3, -0.25) is 0 Å². The van der Waals surface area contributed by atoms with E-state index in [9.17, 15) is 5.26 Å². The van der Waals surface area contributed by atoms with E-state index in [0.29, 0.717) is 32.3 Å². The molecule has 0 aliphatic rings. The summed E-state index contributed by atoms with van der Waals surface area (Å²) in [6.45, 7) is 0. The van der Waals surface area contributed by atoms with Gasteiger partial charge in [-0.25, -0.2) is 9.97 Å². The zero-order valence-electron chi connectivity index (χ0n) is 13.1. The largest absolute Gasteiger partial charge is 0.339 e. The number of halogens is 2. The van der Waals surface area contributed by atoms with Gasteiger partial charge in [-0.1, -0.05) is 53.2 Å². The molecule has 0 fully saturated rings. The first-order valence-corrected chi connectivity index (χ1v) is 9.23. The highest BCUT2D eigenvalue weighted by atomic mass is 35.5. The number of hydrogen-bond acceptors (Lipinski definition) is 5. The molecule has 7 heteroatoms. The van der Waals surface area contributed by atoms with Crippen LogP contribution in [0.15, 0.2) is 53.7 Å². The van der Waals surface area contributed by atoms with Crippen LogP contribution < -0.4 is 5.32 Å². The molecule has 0 bridgehead atoms. The lowest BCUT2D eigenvalue weighted by atomic mass is 10.1. The molecule has 2 aromatic carbocycles. The van der Waals surface area contributed by atoms with Crippen molar-refractivity contribution in [3.05, 3.63) is 64.1 Å². The molecule has 0 radical (unpaired) electrons. The highest BCUT2D eigenvalue weighted by Gasteiger charge is 2.16. The maximum absolute atomic E-state index is 9.68. The van der Waals surface area contributed by atoms with E-state index in [-0.39, 0.29) is 0 Å². The minimum absolute atomic E-state index is 0.361. The van der Waals surface area contributed by atoms with Crippen LogP contribution in [0.25, 0.3) is 11.3 Å². The SMILES string of the molecule is CSc1nc(Nc2cccc(Cl)c2)c(C#N)c(-c2ccc(Cl)cc2)n1. The molecule has 0 saturated carbocycles. The molecule has 0 saturated heterocycles. The number of hydrogen-bond donors (Lipinski definition) is 1. The zero-order valence-corrected chi connectivity index (χ0v) is 15.5. The number of anilines is 2. The monoisotopic (exact) mass is 386 g/mol. The Morgan fingerprint density at radius 3 is 2.44 bits per heavy atom. The van der Waals surface area contributed by atoms with Crippen molar-refractivity contribution in [2.75, 3.05) is 11.6 Å². The zero-order chi connectivity index (χ0) is 17.8. The fourth-order valence-electron chi connectivity index (χ4n) is 2.25. The Balaban J connectivity index is 2.13. The third-order valence-electron chi connectivity index (χ3n) is 3.39. The van der Waals surface area contributed by atoms with Crippen LogP contribution in [0.4, 0.5) is 11.5 Å². The number of thioether (sulfide) groups is 1. The van der Waals surface area contributed by atoms with Crippen LogP contribution in [-0.2, 0) is 0 Å². The van der Waals surface area contributed by atoms with Crippen molar-refractivity contribution in [1.82, 2.24) is 9.97 Å². The van der Waals surface area contributed by atoms with Gasteiger partial charge in [0.2, 0.25) is 0 Å². The molecule has 1 aromatic heterocycles. The van der Waals surface area contributed by atoms with Crippen LogP contribution in [-0.4, -0.2) is 16.2 Å². The predicted octanol–water partition coefficient (Wildman–Crippen LogP) is 5.79. The van der Waals surface area contributed by atoms with Crippen molar-refractivity contribution >= 4 is 46.5 Å². The van der Waals surface area contributed by atoms with Crippen molar-refractivity contribution in [2.24, 2.45) is 0 Å². The fourth-order valence-corrected chi connectivity index (χ4v) is 2.93. The summed E-state index contributed by atoms with van der Waals surface area (Å²) in [6.07, 6.45) is 1.89. The second-order valence-corrected chi connectivity index (χ2v) is 6.68. The van der Waals surface area contributed by atoms with E-state index in [4.69, 9.17) is 23.2 Å². The van der Waals surface area contributed by atoms with Crippen molar-refractivity contribution in [2.45, 2.75) is 5.16 Å². The number of nitrogens with zero attached hydrogens (tertiary/aromatic N) is 3. The van der Waals surface area contributed by atoms with Gasteiger partial charge in [0.15, 0.2) is 11.0 Å². The maximum atomic E-state index is 9.68. The van der Waals surface area contributed by atoms with Gasteiger partial charge in [0.1, 0.15) is 11.6 Å². The molecule has 1 N–H and O–H groups in total. The fraction of sp³-hybridized carbons (Fsp3) is 0.0556. The van der Waals surface area contributed by atoms with Gasteiger partial charge in [-0.15, -0.1) is 0 Å². The normalized spacial score (nSPS) is 10.3. The summed E-state index contributed by atoms with van der Waals surface area (Å²) in [5.74, 6) is 0.439. The molecular weight excluding hydrogens is 375 g/mol. The molecule has 0 aliphatic heterocycles. The van der Waals surface area contributed by atoms with Crippen LogP contribution in [0.1, 0.15) is 5.56 Å². The molecule has 0 aliphatic carbocycles. The Morgan fingerprint density at radius 2 is 1.80 bits per heavy atom. The van der Waals surface area contributed by atoms with Crippen molar-refractivity contribution < 1.29 is 0 Å². The topological polar surface area (TPSA) is 61.6 Å². The average molecular weight is 387 g/mol. The molecule has 3 aromatic rings. The molecular formula is C18H12Cl2N4S. The summed E-state index contributed by atoms with van der Waals surface area (Å²) in [7, 11) is 0. The Morgan fingerprint density at radius 1 is 1.04 bits per heavy atom. The summed E-state index contributed by atoms with van der Waals surface area (Å²) in [6, 6.07) is 16.6. The van der Waals surface area contributed by atoms with Crippen molar-refractivity contribution in [3.8, 4) is 17.3 Å². The van der Waals surface area contributed by atoms with Gasteiger partial charge in [0.05, 0.1) is 5.69 Å². The smallest absolute Gasteiger partial charge is 0.189 e. The first-order chi connectivity index (χ1) is 12.1. The molecule has 0 amide bonds. The Kier molecular flexibility index (Phi) is 5.44. The highest BCUT2D eigenvalue weighted by molar-refractivity contribution is 7.98. The quantitative estimate of drug-likeness (QED) is 0.454. The molecule has 4 nitrogen and oxygen atoms in total. The molecule has 0 atom stereocenters. The first-order valence-electron chi connectivity index (χ1n) is 7.25. The van der Waals surface area contributed by atoms with Gasteiger partial charge in [-0.2, -0.15) is 5.26 Å². The summed E-state index contributed by atoms with van der Waals surface area (Å²) >= 11 is 13.4. The van der Waals surface area contributed by atoms with E-state index in [1.165, 1.54) is 11.8 Å². The summed E-state index contributed by atoms with van der Waals surface area (Å²) in [5.41, 5.74) is 2.47. The molecule has 0 unspecified atom stereocenters. The van der Waals surface area contributed by atoms with E-state index >= 15 is 0 Å². The number of nitriles is 1. The number of aromatic nitrogens is 2. The van der Waals surface area contributed by atoms with E-state index < -0.39 is 0 Å². The number of nitrogens with one attached hydrogen (secondary N) is 1. The predicted molar refractivity (Wildman–Crippen MR) is 104 cm³/mol. The van der Waals surface area contributed by atoms with Crippen molar-refractivity contribution in [3.63, 3.8) is 0 Å².